The van der Waals surface area contributed by atoms with Gasteiger partial charge < -0.3 is 14.8 Å². The molecular weight excluding hydrogens is 370 g/mol. The van der Waals surface area contributed by atoms with E-state index in [1.54, 1.807) is 42.5 Å². The molecule has 2 rings (SSSR count). The van der Waals surface area contributed by atoms with E-state index in [0.29, 0.717) is 17.9 Å². The highest BCUT2D eigenvalue weighted by Crippen LogP contribution is 2.16. The molecule has 0 saturated carbocycles. The van der Waals surface area contributed by atoms with Crippen LogP contribution in [0, 0.1) is 5.92 Å². The van der Waals surface area contributed by atoms with Crippen molar-refractivity contribution in [1.82, 2.24) is 0 Å². The van der Waals surface area contributed by atoms with Gasteiger partial charge in [-0.3, -0.25) is 4.79 Å². The third kappa shape index (κ3) is 6.42. The Labute approximate surface area is 162 Å². The number of nitrogens with one attached hydrogen (secondary N) is 1. The maximum Gasteiger partial charge on any atom is 0.340 e. The van der Waals surface area contributed by atoms with Crippen LogP contribution in [-0.4, -0.2) is 31.1 Å². The molecule has 0 aliphatic carbocycles. The van der Waals surface area contributed by atoms with Gasteiger partial charge in [0, 0.05) is 5.69 Å². The van der Waals surface area contributed by atoms with Crippen molar-refractivity contribution < 1.29 is 23.9 Å². The highest BCUT2D eigenvalue weighted by molar-refractivity contribution is 6.33. The van der Waals surface area contributed by atoms with E-state index in [1.807, 2.05) is 13.8 Å². The van der Waals surface area contributed by atoms with E-state index in [2.05, 4.69) is 5.32 Å². The summed E-state index contributed by atoms with van der Waals surface area (Å²) >= 11 is 5.91. The SMILES string of the molecule is CC(C)COC(=O)c1ccc(NC(=O)COC(=O)c2ccccc2Cl)cc1. The van der Waals surface area contributed by atoms with Crippen LogP contribution in [0.3, 0.4) is 0 Å². The van der Waals surface area contributed by atoms with E-state index >= 15 is 0 Å². The summed E-state index contributed by atoms with van der Waals surface area (Å²) in [6, 6.07) is 12.7. The van der Waals surface area contributed by atoms with Crippen LogP contribution in [0.1, 0.15) is 34.6 Å². The summed E-state index contributed by atoms with van der Waals surface area (Å²) < 4.78 is 10.1. The number of hydrogen-bond donors (Lipinski definition) is 1. The second-order valence-corrected chi connectivity index (χ2v) is 6.58. The first-order chi connectivity index (χ1) is 12.9. The first-order valence-electron chi connectivity index (χ1n) is 8.35. The van der Waals surface area contributed by atoms with E-state index < -0.39 is 24.5 Å². The molecule has 2 aromatic carbocycles. The Morgan fingerprint density at radius 1 is 0.963 bits per heavy atom. The summed E-state index contributed by atoms with van der Waals surface area (Å²) in [5.41, 5.74) is 1.05. The number of halogens is 1. The second kappa shape index (κ2) is 9.73. The molecule has 0 heterocycles. The highest BCUT2D eigenvalue weighted by Gasteiger charge is 2.13. The van der Waals surface area contributed by atoms with Crippen LogP contribution in [-0.2, 0) is 14.3 Å². The van der Waals surface area contributed by atoms with Gasteiger partial charge in [-0.1, -0.05) is 37.6 Å². The van der Waals surface area contributed by atoms with E-state index in [-0.39, 0.29) is 16.5 Å². The molecule has 0 radical (unpaired) electrons. The van der Waals surface area contributed by atoms with Crippen LogP contribution < -0.4 is 5.32 Å². The van der Waals surface area contributed by atoms with Crippen LogP contribution in [0.5, 0.6) is 0 Å². The molecule has 1 N–H and O–H groups in total. The predicted octanol–water partition coefficient (Wildman–Crippen LogP) is 3.95. The lowest BCUT2D eigenvalue weighted by Crippen LogP contribution is -2.21. The Balaban J connectivity index is 1.84. The summed E-state index contributed by atoms with van der Waals surface area (Å²) in [7, 11) is 0. The highest BCUT2D eigenvalue weighted by atomic mass is 35.5. The standard InChI is InChI=1S/C20H20ClNO5/c1-13(2)11-26-19(24)14-7-9-15(10-8-14)22-18(23)12-27-20(25)16-5-3-4-6-17(16)21/h3-10,13H,11-12H2,1-2H3,(H,22,23). The van der Waals surface area contributed by atoms with Gasteiger partial charge in [0.2, 0.25) is 0 Å². The van der Waals surface area contributed by atoms with Gasteiger partial charge in [-0.2, -0.15) is 0 Å². The topological polar surface area (TPSA) is 81.7 Å². The van der Waals surface area contributed by atoms with Crippen LogP contribution in [0.15, 0.2) is 48.5 Å². The first-order valence-corrected chi connectivity index (χ1v) is 8.73. The summed E-state index contributed by atoms with van der Waals surface area (Å²) in [4.78, 5) is 35.7. The Hall–Kier alpha value is -2.86. The van der Waals surface area contributed by atoms with Crippen molar-refractivity contribution in [3.05, 3.63) is 64.7 Å². The molecule has 0 spiro atoms. The van der Waals surface area contributed by atoms with Crippen LogP contribution >= 0.6 is 11.6 Å². The Morgan fingerprint density at radius 2 is 1.63 bits per heavy atom. The molecule has 0 atom stereocenters. The number of anilines is 1. The minimum absolute atomic E-state index is 0.191. The van der Waals surface area contributed by atoms with Crippen molar-refractivity contribution in [2.45, 2.75) is 13.8 Å². The molecule has 27 heavy (non-hydrogen) atoms. The maximum atomic E-state index is 11.9. The molecule has 0 unspecified atom stereocenters. The Morgan fingerprint density at radius 3 is 2.26 bits per heavy atom. The van der Waals surface area contributed by atoms with E-state index in [1.165, 1.54) is 6.07 Å². The molecule has 0 bridgehead atoms. The number of carbonyl (C=O) groups is 3. The van der Waals surface area contributed by atoms with Crippen molar-refractivity contribution >= 4 is 35.1 Å². The van der Waals surface area contributed by atoms with Gasteiger partial charge in [0.25, 0.3) is 5.91 Å². The zero-order valence-electron chi connectivity index (χ0n) is 15.0. The summed E-state index contributed by atoms with van der Waals surface area (Å²) in [5.74, 6) is -1.36. The summed E-state index contributed by atoms with van der Waals surface area (Å²) in [6.45, 7) is 3.78. The second-order valence-electron chi connectivity index (χ2n) is 6.17. The number of esters is 2. The van der Waals surface area contributed by atoms with Crippen molar-refractivity contribution in [2.75, 3.05) is 18.5 Å². The normalized spacial score (nSPS) is 10.4. The first kappa shape index (κ1) is 20.5. The minimum Gasteiger partial charge on any atom is -0.462 e. The van der Waals surface area contributed by atoms with E-state index in [9.17, 15) is 14.4 Å². The molecule has 142 valence electrons. The Bertz CT molecular complexity index is 817. The lowest BCUT2D eigenvalue weighted by molar-refractivity contribution is -0.119. The van der Waals surface area contributed by atoms with Crippen molar-refractivity contribution in [1.29, 1.82) is 0 Å². The molecule has 6 nitrogen and oxygen atoms in total. The van der Waals surface area contributed by atoms with Gasteiger partial charge in [0.15, 0.2) is 6.61 Å². The largest absolute Gasteiger partial charge is 0.462 e. The third-order valence-corrected chi connectivity index (χ3v) is 3.71. The summed E-state index contributed by atoms with van der Waals surface area (Å²) in [5, 5.41) is 2.83. The third-order valence-electron chi connectivity index (χ3n) is 3.38. The molecule has 2 aromatic rings. The number of amides is 1. The van der Waals surface area contributed by atoms with Crippen LogP contribution in [0.25, 0.3) is 0 Å². The maximum absolute atomic E-state index is 11.9. The Kier molecular flexibility index (Phi) is 7.37. The smallest absolute Gasteiger partial charge is 0.340 e. The minimum atomic E-state index is -0.681. The van der Waals surface area contributed by atoms with Crippen molar-refractivity contribution in [3.8, 4) is 0 Å². The predicted molar refractivity (Wildman–Crippen MR) is 102 cm³/mol. The molecule has 0 aromatic heterocycles. The van der Waals surface area contributed by atoms with Crippen molar-refractivity contribution in [2.24, 2.45) is 5.92 Å². The molecule has 0 fully saturated rings. The van der Waals surface area contributed by atoms with E-state index in [0.717, 1.165) is 0 Å². The number of rotatable bonds is 7. The number of hydrogen-bond acceptors (Lipinski definition) is 5. The monoisotopic (exact) mass is 389 g/mol. The fourth-order valence-corrected chi connectivity index (χ4v) is 2.26. The average Bonchev–Trinajstić information content (AvgIpc) is 2.65. The number of carbonyl (C=O) groups excluding carboxylic acids is 3. The zero-order chi connectivity index (χ0) is 19.8. The van der Waals surface area contributed by atoms with Crippen LogP contribution in [0.2, 0.25) is 5.02 Å². The van der Waals surface area contributed by atoms with Gasteiger partial charge in [-0.15, -0.1) is 0 Å². The molecule has 0 saturated heterocycles. The molecule has 7 heteroatoms. The van der Waals surface area contributed by atoms with Gasteiger partial charge in [0.05, 0.1) is 22.8 Å². The van der Waals surface area contributed by atoms with E-state index in [4.69, 9.17) is 21.1 Å². The van der Waals surface area contributed by atoms with Crippen LogP contribution in [0.4, 0.5) is 5.69 Å². The zero-order valence-corrected chi connectivity index (χ0v) is 15.8. The van der Waals surface area contributed by atoms with Crippen molar-refractivity contribution in [3.63, 3.8) is 0 Å². The van der Waals surface area contributed by atoms with Gasteiger partial charge in [0.1, 0.15) is 0 Å². The van der Waals surface area contributed by atoms with Gasteiger partial charge in [-0.25, -0.2) is 9.59 Å². The lowest BCUT2D eigenvalue weighted by atomic mass is 10.2. The van der Waals surface area contributed by atoms with Gasteiger partial charge >= 0.3 is 11.9 Å². The molecule has 0 aliphatic heterocycles. The quantitative estimate of drug-likeness (QED) is 0.725. The fourth-order valence-electron chi connectivity index (χ4n) is 2.05. The average molecular weight is 390 g/mol. The number of benzene rings is 2. The molecule has 0 aliphatic rings. The van der Waals surface area contributed by atoms with Gasteiger partial charge in [-0.05, 0) is 42.3 Å². The number of ether oxygens (including phenoxy) is 2. The molecule has 1 amide bonds. The molecular formula is C20H20ClNO5. The lowest BCUT2D eigenvalue weighted by Gasteiger charge is -2.09. The summed E-state index contributed by atoms with van der Waals surface area (Å²) in [6.07, 6.45) is 0. The fraction of sp³-hybridized carbons (Fsp3) is 0.250.